The summed E-state index contributed by atoms with van der Waals surface area (Å²) in [6.45, 7) is 1.27. The lowest BCUT2D eigenvalue weighted by molar-refractivity contribution is 0.0445. The Morgan fingerprint density at radius 1 is 1.50 bits per heavy atom. The molecule has 1 fully saturated rings. The second kappa shape index (κ2) is 4.61. The lowest BCUT2D eigenvalue weighted by atomic mass is 9.98. The van der Waals surface area contributed by atoms with Gasteiger partial charge in [0.1, 0.15) is 5.82 Å². The third-order valence-corrected chi connectivity index (χ3v) is 3.01. The standard InChI is InChI=1S/C12H15FN2O/c13-11-4-2-1-3-10(11)12(16)15-8-6-9(15)5-7-14/h1-4,9H,5-8,14H2. The summed E-state index contributed by atoms with van der Waals surface area (Å²) in [5, 5.41) is 0. The molecule has 3 nitrogen and oxygen atoms in total. The molecule has 0 bridgehead atoms. The predicted octanol–water partition coefficient (Wildman–Crippen LogP) is 1.39. The number of amides is 1. The van der Waals surface area contributed by atoms with Gasteiger partial charge in [-0.2, -0.15) is 0 Å². The van der Waals surface area contributed by atoms with Crippen LogP contribution in [0.25, 0.3) is 0 Å². The molecular weight excluding hydrogens is 207 g/mol. The Morgan fingerprint density at radius 3 is 2.81 bits per heavy atom. The van der Waals surface area contributed by atoms with Crippen molar-refractivity contribution in [1.29, 1.82) is 0 Å². The smallest absolute Gasteiger partial charge is 0.257 e. The molecule has 0 saturated carbocycles. The van der Waals surface area contributed by atoms with Gasteiger partial charge in [-0.15, -0.1) is 0 Å². The molecule has 1 saturated heterocycles. The highest BCUT2D eigenvalue weighted by atomic mass is 19.1. The van der Waals surface area contributed by atoms with E-state index in [0.29, 0.717) is 13.1 Å². The molecule has 0 radical (unpaired) electrons. The van der Waals surface area contributed by atoms with Crippen LogP contribution < -0.4 is 5.73 Å². The first-order valence-electron chi connectivity index (χ1n) is 5.49. The number of nitrogens with zero attached hydrogens (tertiary/aromatic N) is 1. The molecule has 0 aliphatic carbocycles. The van der Waals surface area contributed by atoms with Crippen LogP contribution in [0.15, 0.2) is 24.3 Å². The van der Waals surface area contributed by atoms with Gasteiger partial charge in [0.25, 0.3) is 5.91 Å². The van der Waals surface area contributed by atoms with Crippen molar-refractivity contribution >= 4 is 5.91 Å². The van der Waals surface area contributed by atoms with Crippen molar-refractivity contribution in [2.45, 2.75) is 18.9 Å². The Bertz CT molecular complexity index is 394. The van der Waals surface area contributed by atoms with E-state index in [1.807, 2.05) is 0 Å². The van der Waals surface area contributed by atoms with Crippen molar-refractivity contribution in [1.82, 2.24) is 4.90 Å². The number of carbonyl (C=O) groups is 1. The Morgan fingerprint density at radius 2 is 2.25 bits per heavy atom. The summed E-state index contributed by atoms with van der Waals surface area (Å²) in [5.74, 6) is -0.673. The van der Waals surface area contributed by atoms with Gasteiger partial charge < -0.3 is 10.6 Å². The van der Waals surface area contributed by atoms with Crippen LogP contribution in [0.3, 0.4) is 0 Å². The molecule has 4 heteroatoms. The van der Waals surface area contributed by atoms with Crippen LogP contribution in [0.4, 0.5) is 4.39 Å². The van der Waals surface area contributed by atoms with E-state index in [1.54, 1.807) is 17.0 Å². The van der Waals surface area contributed by atoms with Crippen LogP contribution in [0.5, 0.6) is 0 Å². The first-order valence-corrected chi connectivity index (χ1v) is 5.49. The molecule has 1 atom stereocenters. The van der Waals surface area contributed by atoms with E-state index < -0.39 is 5.82 Å². The number of benzene rings is 1. The number of hydrogen-bond acceptors (Lipinski definition) is 2. The largest absolute Gasteiger partial charge is 0.335 e. The average molecular weight is 222 g/mol. The number of likely N-dealkylation sites (tertiary alicyclic amines) is 1. The van der Waals surface area contributed by atoms with E-state index in [-0.39, 0.29) is 17.5 Å². The maximum Gasteiger partial charge on any atom is 0.257 e. The molecule has 1 amide bonds. The summed E-state index contributed by atoms with van der Waals surface area (Å²) in [5.41, 5.74) is 5.61. The third kappa shape index (κ3) is 1.93. The van der Waals surface area contributed by atoms with Crippen molar-refractivity contribution in [3.8, 4) is 0 Å². The lowest BCUT2D eigenvalue weighted by Gasteiger charge is -2.41. The fraction of sp³-hybridized carbons (Fsp3) is 0.417. The number of nitrogens with two attached hydrogens (primary N) is 1. The second-order valence-electron chi connectivity index (χ2n) is 4.00. The van der Waals surface area contributed by atoms with Crippen LogP contribution in [0, 0.1) is 5.82 Å². The molecule has 1 heterocycles. The highest BCUT2D eigenvalue weighted by molar-refractivity contribution is 5.95. The van der Waals surface area contributed by atoms with Gasteiger partial charge >= 0.3 is 0 Å². The summed E-state index contributed by atoms with van der Waals surface area (Å²) in [6, 6.07) is 6.28. The lowest BCUT2D eigenvalue weighted by Crippen LogP contribution is -2.51. The van der Waals surface area contributed by atoms with E-state index in [1.165, 1.54) is 12.1 Å². The van der Waals surface area contributed by atoms with Crippen LogP contribution in [0.2, 0.25) is 0 Å². The fourth-order valence-electron chi connectivity index (χ4n) is 1.99. The van der Waals surface area contributed by atoms with Crippen LogP contribution in [-0.2, 0) is 0 Å². The zero-order valence-electron chi connectivity index (χ0n) is 9.03. The van der Waals surface area contributed by atoms with E-state index >= 15 is 0 Å². The Labute approximate surface area is 94.0 Å². The molecule has 1 aliphatic rings. The van der Waals surface area contributed by atoms with Gasteiger partial charge in [-0.25, -0.2) is 4.39 Å². The third-order valence-electron chi connectivity index (χ3n) is 3.01. The van der Waals surface area contributed by atoms with Crippen molar-refractivity contribution in [2.75, 3.05) is 13.1 Å². The molecule has 2 rings (SSSR count). The van der Waals surface area contributed by atoms with Crippen LogP contribution >= 0.6 is 0 Å². The first-order chi connectivity index (χ1) is 7.74. The highest BCUT2D eigenvalue weighted by Gasteiger charge is 2.32. The Kier molecular flexibility index (Phi) is 3.19. The van der Waals surface area contributed by atoms with E-state index in [0.717, 1.165) is 12.8 Å². The van der Waals surface area contributed by atoms with Gasteiger partial charge in [-0.1, -0.05) is 12.1 Å². The zero-order chi connectivity index (χ0) is 11.5. The monoisotopic (exact) mass is 222 g/mol. The van der Waals surface area contributed by atoms with Crippen LogP contribution in [-0.4, -0.2) is 29.9 Å². The molecule has 1 aliphatic heterocycles. The number of carbonyl (C=O) groups excluding carboxylic acids is 1. The summed E-state index contributed by atoms with van der Waals surface area (Å²) in [7, 11) is 0. The van der Waals surface area contributed by atoms with Crippen molar-refractivity contribution in [2.24, 2.45) is 5.73 Å². The maximum absolute atomic E-state index is 13.4. The summed E-state index contributed by atoms with van der Waals surface area (Å²) in [4.78, 5) is 13.7. The molecule has 1 aromatic carbocycles. The van der Waals surface area contributed by atoms with Gasteiger partial charge in [0.15, 0.2) is 0 Å². The summed E-state index contributed by atoms with van der Waals surface area (Å²) < 4.78 is 13.4. The quantitative estimate of drug-likeness (QED) is 0.840. The van der Waals surface area contributed by atoms with E-state index in [9.17, 15) is 9.18 Å². The summed E-state index contributed by atoms with van der Waals surface area (Å²) >= 11 is 0. The van der Waals surface area contributed by atoms with Gasteiger partial charge in [-0.05, 0) is 31.5 Å². The van der Waals surface area contributed by atoms with Crippen LogP contribution in [0.1, 0.15) is 23.2 Å². The van der Waals surface area contributed by atoms with Gasteiger partial charge in [-0.3, -0.25) is 4.79 Å². The van der Waals surface area contributed by atoms with Crippen molar-refractivity contribution < 1.29 is 9.18 Å². The number of rotatable bonds is 3. The molecular formula is C12H15FN2O. The Hall–Kier alpha value is -1.42. The van der Waals surface area contributed by atoms with Crippen molar-refractivity contribution in [3.63, 3.8) is 0 Å². The highest BCUT2D eigenvalue weighted by Crippen LogP contribution is 2.23. The summed E-state index contributed by atoms with van der Waals surface area (Å²) in [6.07, 6.45) is 1.76. The van der Waals surface area contributed by atoms with Gasteiger partial charge in [0, 0.05) is 12.6 Å². The fourth-order valence-corrected chi connectivity index (χ4v) is 1.99. The molecule has 0 spiro atoms. The minimum absolute atomic E-state index is 0.157. The van der Waals surface area contributed by atoms with Gasteiger partial charge in [0.2, 0.25) is 0 Å². The predicted molar refractivity (Wildman–Crippen MR) is 59.5 cm³/mol. The maximum atomic E-state index is 13.4. The van der Waals surface area contributed by atoms with E-state index in [2.05, 4.69) is 0 Å². The first kappa shape index (κ1) is 11.1. The average Bonchev–Trinajstić information content (AvgIpc) is 2.25. The number of halogens is 1. The zero-order valence-corrected chi connectivity index (χ0v) is 9.03. The topological polar surface area (TPSA) is 46.3 Å². The number of hydrogen-bond donors (Lipinski definition) is 1. The SMILES string of the molecule is NCCC1CCN1C(=O)c1ccccc1F. The molecule has 86 valence electrons. The second-order valence-corrected chi connectivity index (χ2v) is 4.00. The molecule has 1 aromatic rings. The van der Waals surface area contributed by atoms with Crippen molar-refractivity contribution in [3.05, 3.63) is 35.6 Å². The minimum atomic E-state index is -0.453. The minimum Gasteiger partial charge on any atom is -0.335 e. The molecule has 0 aromatic heterocycles. The molecule has 16 heavy (non-hydrogen) atoms. The molecule has 2 N–H and O–H groups in total. The molecule has 1 unspecified atom stereocenters. The normalized spacial score (nSPS) is 19.4. The van der Waals surface area contributed by atoms with E-state index in [4.69, 9.17) is 5.73 Å². The Balaban J connectivity index is 2.11. The van der Waals surface area contributed by atoms with Gasteiger partial charge in [0.05, 0.1) is 5.56 Å².